The predicted molar refractivity (Wildman–Crippen MR) is 87.5 cm³/mol. The molecule has 1 atom stereocenters. The molecule has 1 amide bonds. The highest BCUT2D eigenvalue weighted by molar-refractivity contribution is 7.89. The summed E-state index contributed by atoms with van der Waals surface area (Å²) in [5.74, 6) is -0.460. The second kappa shape index (κ2) is 6.19. The number of fused-ring (bicyclic) bond motifs is 1. The van der Waals surface area contributed by atoms with Crippen LogP contribution in [-0.2, 0) is 21.4 Å². The maximum absolute atomic E-state index is 12.2. The number of benzene rings is 2. The summed E-state index contributed by atoms with van der Waals surface area (Å²) < 4.78 is 26.8. The van der Waals surface area contributed by atoms with Crippen LogP contribution in [-0.4, -0.2) is 20.5 Å². The molecule has 0 aromatic heterocycles. The molecule has 0 saturated heterocycles. The van der Waals surface area contributed by atoms with Crippen LogP contribution >= 0.6 is 11.6 Å². The number of carbonyl (C=O) groups excluding carboxylic acids is 1. The second-order valence-corrected chi connectivity index (χ2v) is 7.16. The van der Waals surface area contributed by atoms with Gasteiger partial charge in [0.05, 0.1) is 5.69 Å². The summed E-state index contributed by atoms with van der Waals surface area (Å²) in [4.78, 5) is 12.2. The van der Waals surface area contributed by atoms with Crippen LogP contribution in [0.4, 0.5) is 5.69 Å². The van der Waals surface area contributed by atoms with E-state index in [1.54, 1.807) is 6.07 Å². The van der Waals surface area contributed by atoms with Crippen molar-refractivity contribution in [3.8, 4) is 0 Å². The first-order chi connectivity index (χ1) is 11.0. The average molecular weight is 352 g/mol. The molecule has 0 bridgehead atoms. The van der Waals surface area contributed by atoms with Gasteiger partial charge in [-0.15, -0.1) is 0 Å². The van der Waals surface area contributed by atoms with Crippen LogP contribution in [0.25, 0.3) is 0 Å². The van der Waals surface area contributed by atoms with E-state index in [0.717, 1.165) is 5.56 Å². The van der Waals surface area contributed by atoms with E-state index >= 15 is 0 Å². The van der Waals surface area contributed by atoms with E-state index < -0.39 is 22.1 Å². The van der Waals surface area contributed by atoms with Crippen molar-refractivity contribution >= 4 is 33.2 Å². The number of sulfonamides is 1. The summed E-state index contributed by atoms with van der Waals surface area (Å²) in [6.45, 7) is 0.313. The molecule has 3 N–H and O–H groups in total. The summed E-state index contributed by atoms with van der Waals surface area (Å²) in [6, 6.07) is 13.8. The third kappa shape index (κ3) is 3.47. The van der Waals surface area contributed by atoms with Crippen LogP contribution < -0.4 is 15.4 Å². The molecule has 0 spiro atoms. The highest BCUT2D eigenvalue weighted by Gasteiger charge is 2.33. The van der Waals surface area contributed by atoms with Crippen LogP contribution in [0.5, 0.6) is 0 Å². The van der Waals surface area contributed by atoms with E-state index in [0.29, 0.717) is 17.3 Å². The van der Waals surface area contributed by atoms with Crippen molar-refractivity contribution in [2.75, 3.05) is 5.32 Å². The molecule has 23 heavy (non-hydrogen) atoms. The van der Waals surface area contributed by atoms with Crippen LogP contribution in [0.3, 0.4) is 0 Å². The standard InChI is InChI=1S/C15H14ClN3O3S/c16-11-6-7-12-13(8-11)23(21,22)19-14(18-12)15(20)17-9-10-4-2-1-3-5-10/h1-8,14,18-19H,9H2,(H,17,20). The van der Waals surface area contributed by atoms with Gasteiger partial charge in [-0.3, -0.25) is 4.79 Å². The third-order valence-electron chi connectivity index (χ3n) is 3.38. The SMILES string of the molecule is O=C(NCc1ccccc1)C1Nc2ccc(Cl)cc2S(=O)(=O)N1. The molecule has 2 aromatic carbocycles. The van der Waals surface area contributed by atoms with Gasteiger partial charge in [0.25, 0.3) is 5.91 Å². The lowest BCUT2D eigenvalue weighted by Crippen LogP contribution is -2.53. The van der Waals surface area contributed by atoms with E-state index in [1.165, 1.54) is 12.1 Å². The van der Waals surface area contributed by atoms with Gasteiger partial charge in [0.1, 0.15) is 4.90 Å². The van der Waals surface area contributed by atoms with Gasteiger partial charge in [0.2, 0.25) is 10.0 Å². The molecule has 0 radical (unpaired) electrons. The highest BCUT2D eigenvalue weighted by Crippen LogP contribution is 2.28. The summed E-state index contributed by atoms with van der Waals surface area (Å²) >= 11 is 5.82. The molecule has 1 heterocycles. The molecule has 2 aromatic rings. The summed E-state index contributed by atoms with van der Waals surface area (Å²) in [7, 11) is -3.80. The fraction of sp³-hybridized carbons (Fsp3) is 0.133. The maximum Gasteiger partial charge on any atom is 0.258 e. The van der Waals surface area contributed by atoms with Crippen LogP contribution in [0, 0.1) is 0 Å². The zero-order valence-corrected chi connectivity index (χ0v) is 13.5. The van der Waals surface area contributed by atoms with E-state index in [4.69, 9.17) is 11.6 Å². The molecular formula is C15H14ClN3O3S. The Bertz CT molecular complexity index is 840. The van der Waals surface area contributed by atoms with Crippen LogP contribution in [0.15, 0.2) is 53.4 Å². The van der Waals surface area contributed by atoms with Gasteiger partial charge < -0.3 is 10.6 Å². The Morgan fingerprint density at radius 1 is 1.17 bits per heavy atom. The number of nitrogens with one attached hydrogen (secondary N) is 3. The second-order valence-electron chi connectivity index (χ2n) is 5.04. The van der Waals surface area contributed by atoms with E-state index in [2.05, 4.69) is 15.4 Å². The monoisotopic (exact) mass is 351 g/mol. The van der Waals surface area contributed by atoms with Gasteiger partial charge in [-0.05, 0) is 23.8 Å². The minimum absolute atomic E-state index is 0.0251. The molecule has 6 nitrogen and oxygen atoms in total. The van der Waals surface area contributed by atoms with Gasteiger partial charge >= 0.3 is 0 Å². The van der Waals surface area contributed by atoms with E-state index in [-0.39, 0.29) is 4.90 Å². The molecule has 3 rings (SSSR count). The Kier molecular flexibility index (Phi) is 4.25. The Balaban J connectivity index is 1.75. The Morgan fingerprint density at radius 3 is 2.65 bits per heavy atom. The van der Waals surface area contributed by atoms with Gasteiger partial charge in [-0.1, -0.05) is 41.9 Å². The quantitative estimate of drug-likeness (QED) is 0.785. The molecule has 1 aliphatic rings. The van der Waals surface area contributed by atoms with Gasteiger partial charge in [0.15, 0.2) is 6.17 Å². The Hall–Kier alpha value is -2.09. The number of amides is 1. The first-order valence-corrected chi connectivity index (χ1v) is 8.72. The summed E-state index contributed by atoms with van der Waals surface area (Å²) in [5.41, 5.74) is 1.26. The first-order valence-electron chi connectivity index (χ1n) is 6.86. The lowest BCUT2D eigenvalue weighted by molar-refractivity contribution is -0.122. The fourth-order valence-corrected chi connectivity index (χ4v) is 3.79. The van der Waals surface area contributed by atoms with E-state index in [9.17, 15) is 13.2 Å². The number of carbonyl (C=O) groups is 1. The first kappa shape index (κ1) is 15.8. The third-order valence-corrected chi connectivity index (χ3v) is 5.08. The molecular weight excluding hydrogens is 338 g/mol. The van der Waals surface area contributed by atoms with Crippen LogP contribution in [0.2, 0.25) is 5.02 Å². The van der Waals surface area contributed by atoms with Crippen molar-refractivity contribution in [3.63, 3.8) is 0 Å². The summed E-state index contributed by atoms with van der Waals surface area (Å²) in [6.07, 6.45) is -1.07. The topological polar surface area (TPSA) is 87.3 Å². The molecule has 0 aliphatic carbocycles. The Labute approximate surface area is 138 Å². The van der Waals surface area contributed by atoms with Gasteiger partial charge in [-0.2, -0.15) is 4.72 Å². The summed E-state index contributed by atoms with van der Waals surface area (Å²) in [5, 5.41) is 5.86. The predicted octanol–water partition coefficient (Wildman–Crippen LogP) is 1.69. The Morgan fingerprint density at radius 2 is 1.91 bits per heavy atom. The molecule has 1 unspecified atom stereocenters. The number of hydrogen-bond acceptors (Lipinski definition) is 4. The van der Waals surface area contributed by atoms with E-state index in [1.807, 2.05) is 30.3 Å². The molecule has 1 aliphatic heterocycles. The molecule has 120 valence electrons. The van der Waals surface area contributed by atoms with Crippen molar-refractivity contribution in [1.29, 1.82) is 0 Å². The largest absolute Gasteiger partial charge is 0.360 e. The molecule has 8 heteroatoms. The molecule has 0 saturated carbocycles. The number of anilines is 1. The van der Waals surface area contributed by atoms with Crippen molar-refractivity contribution in [1.82, 2.24) is 10.0 Å². The minimum atomic E-state index is -3.80. The fourth-order valence-electron chi connectivity index (χ4n) is 2.25. The number of rotatable bonds is 3. The lowest BCUT2D eigenvalue weighted by Gasteiger charge is -2.27. The van der Waals surface area contributed by atoms with Crippen molar-refractivity contribution < 1.29 is 13.2 Å². The smallest absolute Gasteiger partial charge is 0.258 e. The molecule has 0 fully saturated rings. The van der Waals surface area contributed by atoms with Crippen molar-refractivity contribution in [2.45, 2.75) is 17.6 Å². The zero-order valence-electron chi connectivity index (χ0n) is 11.9. The van der Waals surface area contributed by atoms with Gasteiger partial charge in [0, 0.05) is 11.6 Å². The van der Waals surface area contributed by atoms with Crippen LogP contribution in [0.1, 0.15) is 5.56 Å². The maximum atomic E-state index is 12.2. The zero-order chi connectivity index (χ0) is 16.4. The van der Waals surface area contributed by atoms with Crippen molar-refractivity contribution in [2.24, 2.45) is 0 Å². The minimum Gasteiger partial charge on any atom is -0.360 e. The highest BCUT2D eigenvalue weighted by atomic mass is 35.5. The number of hydrogen-bond donors (Lipinski definition) is 3. The average Bonchev–Trinajstić information content (AvgIpc) is 2.53. The van der Waals surface area contributed by atoms with Gasteiger partial charge in [-0.25, -0.2) is 8.42 Å². The lowest BCUT2D eigenvalue weighted by atomic mass is 10.2. The van der Waals surface area contributed by atoms with Crippen molar-refractivity contribution in [3.05, 3.63) is 59.1 Å². The normalized spacial score (nSPS) is 18.6. The number of halogens is 1.